The van der Waals surface area contributed by atoms with Gasteiger partial charge >= 0.3 is 5.97 Å². The Bertz CT molecular complexity index is 850. The molecule has 1 aliphatic rings. The molecule has 1 fully saturated rings. The van der Waals surface area contributed by atoms with Crippen molar-refractivity contribution in [2.75, 3.05) is 27.2 Å². The number of nitrogens with one attached hydrogen (secondary N) is 1. The van der Waals surface area contributed by atoms with Crippen molar-refractivity contribution in [3.8, 4) is 5.69 Å². The number of rotatable bonds is 4. The number of methoxy groups -OCH3 is 1. The van der Waals surface area contributed by atoms with Crippen molar-refractivity contribution in [2.24, 2.45) is 10.9 Å². The third-order valence-electron chi connectivity index (χ3n) is 5.21. The zero-order chi connectivity index (χ0) is 20.1. The quantitative estimate of drug-likeness (QED) is 0.499. The van der Waals surface area contributed by atoms with Crippen LogP contribution in [0.2, 0.25) is 0 Å². The van der Waals surface area contributed by atoms with Crippen molar-refractivity contribution in [2.45, 2.75) is 33.2 Å². The molecule has 0 saturated carbocycles. The van der Waals surface area contributed by atoms with Gasteiger partial charge in [0.2, 0.25) is 0 Å². The van der Waals surface area contributed by atoms with Crippen molar-refractivity contribution in [1.82, 2.24) is 20.0 Å². The van der Waals surface area contributed by atoms with Gasteiger partial charge in [0.15, 0.2) is 5.96 Å². The Hall–Kier alpha value is -2.83. The molecule has 1 aromatic heterocycles. The van der Waals surface area contributed by atoms with Gasteiger partial charge in [-0.1, -0.05) is 18.2 Å². The molecule has 0 bridgehead atoms. The number of nitrogens with zero attached hydrogens (tertiary/aromatic N) is 4. The number of aryl methyl sites for hydroxylation is 2. The van der Waals surface area contributed by atoms with E-state index in [4.69, 9.17) is 4.74 Å². The second kappa shape index (κ2) is 8.91. The van der Waals surface area contributed by atoms with Crippen LogP contribution < -0.4 is 5.32 Å². The first-order valence-corrected chi connectivity index (χ1v) is 9.68. The molecule has 2 aromatic rings. The molecule has 0 atom stereocenters. The normalized spacial score (nSPS) is 15.6. The van der Waals surface area contributed by atoms with Gasteiger partial charge in [0, 0.05) is 32.4 Å². The number of ether oxygens (including phenoxy) is 1. The van der Waals surface area contributed by atoms with Crippen LogP contribution in [0.1, 0.15) is 29.8 Å². The van der Waals surface area contributed by atoms with E-state index in [-0.39, 0.29) is 11.9 Å². The molecule has 28 heavy (non-hydrogen) atoms. The lowest BCUT2D eigenvalue weighted by molar-refractivity contribution is -0.146. The van der Waals surface area contributed by atoms with E-state index in [1.54, 1.807) is 7.05 Å². The smallest absolute Gasteiger partial charge is 0.308 e. The Morgan fingerprint density at radius 3 is 2.61 bits per heavy atom. The van der Waals surface area contributed by atoms with Crippen molar-refractivity contribution in [3.63, 3.8) is 0 Å². The summed E-state index contributed by atoms with van der Waals surface area (Å²) in [7, 11) is 3.25. The SMILES string of the molecule is CN=C(NCc1ccccc1-n1nc(C)cc1C)N1CCC(C(=O)OC)CC1. The fraction of sp³-hybridized carbons (Fsp3) is 0.476. The lowest BCUT2D eigenvalue weighted by Crippen LogP contribution is -2.46. The summed E-state index contributed by atoms with van der Waals surface area (Å²) in [6.45, 7) is 6.30. The third-order valence-corrected chi connectivity index (χ3v) is 5.21. The van der Waals surface area contributed by atoms with Crippen LogP contribution in [0, 0.1) is 19.8 Å². The van der Waals surface area contributed by atoms with Crippen LogP contribution in [0.25, 0.3) is 5.69 Å². The van der Waals surface area contributed by atoms with Crippen LogP contribution in [0.3, 0.4) is 0 Å². The number of aromatic nitrogens is 2. The van der Waals surface area contributed by atoms with Gasteiger partial charge in [-0.15, -0.1) is 0 Å². The molecule has 1 aromatic carbocycles. The van der Waals surface area contributed by atoms with Gasteiger partial charge in [-0.2, -0.15) is 5.10 Å². The maximum Gasteiger partial charge on any atom is 0.308 e. The molecule has 150 valence electrons. The molecule has 7 heteroatoms. The summed E-state index contributed by atoms with van der Waals surface area (Å²) in [6, 6.07) is 10.3. The van der Waals surface area contributed by atoms with Gasteiger partial charge in [-0.05, 0) is 44.4 Å². The fourth-order valence-electron chi connectivity index (χ4n) is 3.74. The van der Waals surface area contributed by atoms with Gasteiger partial charge in [0.05, 0.1) is 24.4 Å². The third kappa shape index (κ3) is 4.35. The van der Waals surface area contributed by atoms with Gasteiger partial charge in [0.1, 0.15) is 0 Å². The minimum atomic E-state index is -0.110. The van der Waals surface area contributed by atoms with E-state index in [9.17, 15) is 4.79 Å². The van der Waals surface area contributed by atoms with Crippen LogP contribution >= 0.6 is 0 Å². The maximum atomic E-state index is 11.7. The Balaban J connectivity index is 1.67. The predicted octanol–water partition coefficient (Wildman–Crippen LogP) is 2.45. The first kappa shape index (κ1) is 19.9. The summed E-state index contributed by atoms with van der Waals surface area (Å²) in [5.74, 6) is 0.735. The number of hydrogen-bond donors (Lipinski definition) is 1. The number of esters is 1. The molecular weight excluding hydrogens is 354 g/mol. The summed E-state index contributed by atoms with van der Waals surface area (Å²) in [4.78, 5) is 18.4. The highest BCUT2D eigenvalue weighted by molar-refractivity contribution is 5.80. The average Bonchev–Trinajstić information content (AvgIpc) is 3.06. The Morgan fingerprint density at radius 2 is 2.00 bits per heavy atom. The number of para-hydroxylation sites is 1. The summed E-state index contributed by atoms with van der Waals surface area (Å²) in [5.41, 5.74) is 4.34. The molecule has 0 unspecified atom stereocenters. The van der Waals surface area contributed by atoms with Crippen LogP contribution in [-0.4, -0.2) is 53.9 Å². The number of carbonyl (C=O) groups excluding carboxylic acids is 1. The number of guanidine groups is 1. The summed E-state index contributed by atoms with van der Waals surface area (Å²) < 4.78 is 6.86. The lowest BCUT2D eigenvalue weighted by atomic mass is 9.97. The van der Waals surface area contributed by atoms with E-state index in [1.807, 2.05) is 23.7 Å². The second-order valence-corrected chi connectivity index (χ2v) is 7.15. The molecule has 3 rings (SSSR count). The van der Waals surface area contributed by atoms with Crippen molar-refractivity contribution >= 4 is 11.9 Å². The molecule has 1 N–H and O–H groups in total. The molecule has 2 heterocycles. The van der Waals surface area contributed by atoms with E-state index >= 15 is 0 Å². The molecule has 0 radical (unpaired) electrons. The minimum absolute atomic E-state index is 0.00823. The standard InChI is InChI=1S/C21H29N5O2/c1-15-13-16(2)26(24-15)19-8-6-5-7-18(19)14-23-21(22-3)25-11-9-17(10-12-25)20(27)28-4/h5-8,13,17H,9-12,14H2,1-4H3,(H,22,23). The van der Waals surface area contributed by atoms with E-state index in [2.05, 4.69) is 45.4 Å². The summed E-state index contributed by atoms with van der Waals surface area (Å²) >= 11 is 0. The topological polar surface area (TPSA) is 71.8 Å². The van der Waals surface area contributed by atoms with Gasteiger partial charge in [0.25, 0.3) is 0 Å². The van der Waals surface area contributed by atoms with E-state index in [0.717, 1.165) is 54.5 Å². The number of benzene rings is 1. The average molecular weight is 383 g/mol. The molecule has 1 aliphatic heterocycles. The molecule has 0 amide bonds. The van der Waals surface area contributed by atoms with Crippen molar-refractivity contribution < 1.29 is 9.53 Å². The van der Waals surface area contributed by atoms with Gasteiger partial charge < -0.3 is 15.0 Å². The second-order valence-electron chi connectivity index (χ2n) is 7.15. The monoisotopic (exact) mass is 383 g/mol. The van der Waals surface area contributed by atoms with Gasteiger partial charge in [-0.25, -0.2) is 4.68 Å². The highest BCUT2D eigenvalue weighted by atomic mass is 16.5. The highest BCUT2D eigenvalue weighted by Crippen LogP contribution is 2.20. The fourth-order valence-corrected chi connectivity index (χ4v) is 3.74. The first-order valence-electron chi connectivity index (χ1n) is 9.68. The Morgan fingerprint density at radius 1 is 1.29 bits per heavy atom. The van der Waals surface area contributed by atoms with Crippen molar-refractivity contribution in [3.05, 3.63) is 47.3 Å². The number of likely N-dealkylation sites (tertiary alicyclic amines) is 1. The molecule has 1 saturated heterocycles. The Kier molecular flexibility index (Phi) is 6.34. The lowest BCUT2D eigenvalue weighted by Gasteiger charge is -2.33. The van der Waals surface area contributed by atoms with Crippen LogP contribution in [0.5, 0.6) is 0 Å². The maximum absolute atomic E-state index is 11.7. The van der Waals surface area contributed by atoms with E-state index in [1.165, 1.54) is 7.11 Å². The molecule has 7 nitrogen and oxygen atoms in total. The molecule has 0 aliphatic carbocycles. The number of piperidine rings is 1. The van der Waals surface area contributed by atoms with Crippen LogP contribution in [0.4, 0.5) is 0 Å². The zero-order valence-electron chi connectivity index (χ0n) is 17.1. The van der Waals surface area contributed by atoms with Gasteiger partial charge in [-0.3, -0.25) is 9.79 Å². The molecule has 0 spiro atoms. The highest BCUT2D eigenvalue weighted by Gasteiger charge is 2.27. The largest absolute Gasteiger partial charge is 0.469 e. The minimum Gasteiger partial charge on any atom is -0.469 e. The van der Waals surface area contributed by atoms with E-state index in [0.29, 0.717) is 6.54 Å². The zero-order valence-corrected chi connectivity index (χ0v) is 17.1. The Labute approximate surface area is 166 Å². The molecular formula is C21H29N5O2. The van der Waals surface area contributed by atoms with E-state index < -0.39 is 0 Å². The summed E-state index contributed by atoms with van der Waals surface area (Å²) in [6.07, 6.45) is 1.57. The predicted molar refractivity (Wildman–Crippen MR) is 110 cm³/mol. The first-order chi connectivity index (χ1) is 13.5. The van der Waals surface area contributed by atoms with Crippen LogP contribution in [0.15, 0.2) is 35.3 Å². The summed E-state index contributed by atoms with van der Waals surface area (Å²) in [5, 5.41) is 8.08. The number of hydrogen-bond acceptors (Lipinski definition) is 4. The van der Waals surface area contributed by atoms with Crippen molar-refractivity contribution in [1.29, 1.82) is 0 Å². The van der Waals surface area contributed by atoms with Crippen LogP contribution in [-0.2, 0) is 16.1 Å². The number of carbonyl (C=O) groups is 1. The number of aliphatic imine (C=N–C) groups is 1.